The zero-order chi connectivity index (χ0) is 5.82. The van der Waals surface area contributed by atoms with E-state index in [1.54, 1.807) is 0 Å². The third-order valence-corrected chi connectivity index (χ3v) is 1.26. The molecule has 3 nitrogen and oxygen atoms in total. The van der Waals surface area contributed by atoms with E-state index >= 15 is 0 Å². The Morgan fingerprint density at radius 3 is 3.00 bits per heavy atom. The van der Waals surface area contributed by atoms with Crippen LogP contribution in [-0.4, -0.2) is 26.4 Å². The van der Waals surface area contributed by atoms with Crippen LogP contribution in [-0.2, 0) is 4.74 Å². The molecule has 0 aromatic carbocycles. The van der Waals surface area contributed by atoms with Gasteiger partial charge >= 0.3 is 0 Å². The average molecular weight is 115 g/mol. The lowest BCUT2D eigenvalue weighted by molar-refractivity contribution is 0.0461. The summed E-state index contributed by atoms with van der Waals surface area (Å²) in [6, 6.07) is 0. The van der Waals surface area contributed by atoms with Gasteiger partial charge in [0.25, 0.3) is 0 Å². The van der Waals surface area contributed by atoms with Crippen LogP contribution in [0.2, 0.25) is 0 Å². The number of nitrogens with zero attached hydrogens (tertiary/aromatic N) is 1. The summed E-state index contributed by atoms with van der Waals surface area (Å²) in [4.78, 5) is 0. The molecule has 0 saturated carbocycles. The van der Waals surface area contributed by atoms with Crippen molar-refractivity contribution in [3.05, 3.63) is 0 Å². The van der Waals surface area contributed by atoms with E-state index in [1.165, 1.54) is 0 Å². The molecule has 1 rings (SSSR count). The zero-order valence-electron chi connectivity index (χ0n) is 4.84. The van der Waals surface area contributed by atoms with Crippen molar-refractivity contribution in [2.45, 2.75) is 0 Å². The topological polar surface area (TPSA) is 49.4 Å². The van der Waals surface area contributed by atoms with Crippen molar-refractivity contribution < 1.29 is 4.74 Å². The molecule has 8 heavy (non-hydrogen) atoms. The molecule has 2 N–H and O–H groups in total. The van der Waals surface area contributed by atoms with Crippen LogP contribution in [0, 0.1) is 5.92 Å². The standard InChI is InChI=1S/C5H11N2O/c6-1-5-2-7-4-8-3-5/h5H,1-4,6H2. The zero-order valence-corrected chi connectivity index (χ0v) is 4.84. The predicted molar refractivity (Wildman–Crippen MR) is 30.4 cm³/mol. The van der Waals surface area contributed by atoms with E-state index in [1.807, 2.05) is 0 Å². The molecule has 3 heteroatoms. The fourth-order valence-electron chi connectivity index (χ4n) is 0.714. The molecule has 1 atom stereocenters. The summed E-state index contributed by atoms with van der Waals surface area (Å²) < 4.78 is 5.03. The maximum absolute atomic E-state index is 5.36. The molecule has 0 aromatic rings. The molecule has 0 bridgehead atoms. The third kappa shape index (κ3) is 1.43. The Morgan fingerprint density at radius 1 is 1.75 bits per heavy atom. The van der Waals surface area contributed by atoms with Crippen LogP contribution in [0.3, 0.4) is 0 Å². The molecule has 0 spiro atoms. The second kappa shape index (κ2) is 3.02. The first-order valence-electron chi connectivity index (χ1n) is 2.84. The first kappa shape index (κ1) is 6.01. The fourth-order valence-corrected chi connectivity index (χ4v) is 0.714. The van der Waals surface area contributed by atoms with Crippen LogP contribution >= 0.6 is 0 Å². The number of hydrogen-bond donors (Lipinski definition) is 1. The van der Waals surface area contributed by atoms with E-state index in [0.29, 0.717) is 19.2 Å². The van der Waals surface area contributed by atoms with Crippen molar-refractivity contribution in [3.63, 3.8) is 0 Å². The largest absolute Gasteiger partial charge is 0.364 e. The molecule has 0 aromatic heterocycles. The van der Waals surface area contributed by atoms with Crippen molar-refractivity contribution >= 4 is 0 Å². The van der Waals surface area contributed by atoms with Crippen LogP contribution in [0.5, 0.6) is 0 Å². The molecule has 1 heterocycles. The van der Waals surface area contributed by atoms with Crippen molar-refractivity contribution in [1.29, 1.82) is 0 Å². The maximum atomic E-state index is 5.36. The summed E-state index contributed by atoms with van der Waals surface area (Å²) in [6.45, 7) is 2.94. The molecule has 1 unspecified atom stereocenters. The predicted octanol–water partition coefficient (Wildman–Crippen LogP) is -0.847. The van der Waals surface area contributed by atoms with Gasteiger partial charge in [0.05, 0.1) is 6.61 Å². The molecule has 1 fully saturated rings. The van der Waals surface area contributed by atoms with Gasteiger partial charge in [-0.15, -0.1) is 0 Å². The summed E-state index contributed by atoms with van der Waals surface area (Å²) in [6.07, 6.45) is 0. The molecular formula is C5H11N2O. The van der Waals surface area contributed by atoms with Crippen molar-refractivity contribution in [3.8, 4) is 0 Å². The highest BCUT2D eigenvalue weighted by atomic mass is 16.5. The normalized spacial score (nSPS) is 30.4. The van der Waals surface area contributed by atoms with Crippen LogP contribution < -0.4 is 11.1 Å². The molecule has 1 saturated heterocycles. The Kier molecular flexibility index (Phi) is 2.27. The first-order valence-corrected chi connectivity index (χ1v) is 2.84. The minimum atomic E-state index is 0.476. The minimum Gasteiger partial charge on any atom is -0.364 e. The minimum absolute atomic E-state index is 0.476. The highest BCUT2D eigenvalue weighted by Gasteiger charge is 2.10. The fraction of sp³-hybridized carbons (Fsp3) is 1.00. The summed E-state index contributed by atoms with van der Waals surface area (Å²) in [5, 5.41) is 4.03. The first-order chi connectivity index (χ1) is 3.93. The Labute approximate surface area is 49.2 Å². The lowest BCUT2D eigenvalue weighted by Gasteiger charge is -2.19. The highest BCUT2D eigenvalue weighted by molar-refractivity contribution is 4.63. The van der Waals surface area contributed by atoms with E-state index in [9.17, 15) is 0 Å². The Balaban J connectivity index is 2.13. The molecule has 0 aliphatic carbocycles. The number of ether oxygens (including phenoxy) is 1. The van der Waals surface area contributed by atoms with Gasteiger partial charge in [0.1, 0.15) is 6.73 Å². The van der Waals surface area contributed by atoms with Gasteiger partial charge in [0.2, 0.25) is 0 Å². The lowest BCUT2D eigenvalue weighted by atomic mass is 10.1. The van der Waals surface area contributed by atoms with Crippen LogP contribution in [0.4, 0.5) is 0 Å². The Bertz CT molecular complexity index is 61.4. The van der Waals surface area contributed by atoms with Gasteiger partial charge in [-0.05, 0) is 6.54 Å². The molecule has 47 valence electrons. The summed E-state index contributed by atoms with van der Waals surface area (Å²) in [7, 11) is 0. The van der Waals surface area contributed by atoms with Gasteiger partial charge in [0.15, 0.2) is 0 Å². The van der Waals surface area contributed by atoms with Crippen molar-refractivity contribution in [1.82, 2.24) is 5.32 Å². The van der Waals surface area contributed by atoms with Crippen LogP contribution in [0.1, 0.15) is 0 Å². The Hall–Kier alpha value is -0.120. The van der Waals surface area contributed by atoms with Gasteiger partial charge < -0.3 is 10.5 Å². The van der Waals surface area contributed by atoms with E-state index < -0.39 is 0 Å². The third-order valence-electron chi connectivity index (χ3n) is 1.26. The van der Waals surface area contributed by atoms with E-state index in [-0.39, 0.29) is 0 Å². The molecule has 1 aliphatic rings. The summed E-state index contributed by atoms with van der Waals surface area (Å²) in [5.74, 6) is 0.476. The van der Waals surface area contributed by atoms with Gasteiger partial charge in [-0.3, -0.25) is 0 Å². The molecule has 0 amide bonds. The lowest BCUT2D eigenvalue weighted by Crippen LogP contribution is -2.34. The average Bonchev–Trinajstić information content (AvgIpc) is 1.90. The summed E-state index contributed by atoms with van der Waals surface area (Å²) >= 11 is 0. The molecule has 1 radical (unpaired) electrons. The van der Waals surface area contributed by atoms with Crippen molar-refractivity contribution in [2.75, 3.05) is 26.4 Å². The summed E-state index contributed by atoms with van der Waals surface area (Å²) in [5.41, 5.74) is 5.36. The van der Waals surface area contributed by atoms with Crippen molar-refractivity contribution in [2.24, 2.45) is 11.7 Å². The van der Waals surface area contributed by atoms with Gasteiger partial charge in [-0.25, -0.2) is 5.32 Å². The smallest absolute Gasteiger partial charge is 0.112 e. The second-order valence-electron chi connectivity index (χ2n) is 2.01. The molecular weight excluding hydrogens is 104 g/mol. The van der Waals surface area contributed by atoms with E-state index in [2.05, 4.69) is 5.32 Å². The SMILES string of the molecule is NCC1C[N]COC1. The van der Waals surface area contributed by atoms with E-state index in [4.69, 9.17) is 10.5 Å². The second-order valence-corrected chi connectivity index (χ2v) is 2.01. The van der Waals surface area contributed by atoms with Gasteiger partial charge in [-0.1, -0.05) is 0 Å². The van der Waals surface area contributed by atoms with Crippen LogP contribution in [0.25, 0.3) is 0 Å². The number of hydrogen-bond acceptors (Lipinski definition) is 2. The monoisotopic (exact) mass is 115 g/mol. The van der Waals surface area contributed by atoms with Gasteiger partial charge in [0, 0.05) is 12.5 Å². The Morgan fingerprint density at radius 2 is 2.62 bits per heavy atom. The van der Waals surface area contributed by atoms with Gasteiger partial charge in [-0.2, -0.15) is 0 Å². The quantitative estimate of drug-likeness (QED) is 0.484. The molecule has 1 aliphatic heterocycles. The maximum Gasteiger partial charge on any atom is 0.112 e. The van der Waals surface area contributed by atoms with Crippen LogP contribution in [0.15, 0.2) is 0 Å². The number of nitrogens with two attached hydrogens (primary N) is 1. The number of rotatable bonds is 1. The highest BCUT2D eigenvalue weighted by Crippen LogP contribution is 1.97. The van der Waals surface area contributed by atoms with E-state index in [0.717, 1.165) is 13.2 Å².